The number of hydrogen-bond acceptors (Lipinski definition) is 5. The Morgan fingerprint density at radius 3 is 1.60 bits per heavy atom. The van der Waals surface area contributed by atoms with Crippen LogP contribution in [-0.2, 0) is 9.59 Å². The van der Waals surface area contributed by atoms with Crippen molar-refractivity contribution in [2.45, 2.75) is 109 Å². The number of nitriles is 1. The molecule has 298 valence electrons. The van der Waals surface area contributed by atoms with E-state index in [1.54, 1.807) is 6.07 Å². The quantitative estimate of drug-likeness (QED) is 0.155. The summed E-state index contributed by atoms with van der Waals surface area (Å²) >= 11 is 12.3. The first-order valence-corrected chi connectivity index (χ1v) is 21.2. The summed E-state index contributed by atoms with van der Waals surface area (Å²) in [4.78, 5) is 26.0. The molecule has 4 N–H and O–H groups in total. The molecule has 2 amide bonds. The van der Waals surface area contributed by atoms with Crippen LogP contribution in [-0.4, -0.2) is 34.1 Å². The van der Waals surface area contributed by atoms with Crippen molar-refractivity contribution in [1.29, 1.82) is 5.26 Å². The van der Waals surface area contributed by atoms with E-state index in [2.05, 4.69) is 68.7 Å². The van der Waals surface area contributed by atoms with Crippen LogP contribution in [0.5, 0.6) is 11.5 Å². The van der Waals surface area contributed by atoms with Crippen molar-refractivity contribution in [2.75, 3.05) is 0 Å². The number of phenols is 2. The van der Waals surface area contributed by atoms with Crippen molar-refractivity contribution in [3.8, 4) is 17.6 Å². The number of nitrogens with one attached hydrogen (secondary N) is 2. The van der Waals surface area contributed by atoms with Crippen LogP contribution in [0.25, 0.3) is 0 Å². The molecule has 2 saturated heterocycles. The molecular weight excluding hydrogens is 753 g/mol. The van der Waals surface area contributed by atoms with Gasteiger partial charge < -0.3 is 20.8 Å². The second-order valence-corrected chi connectivity index (χ2v) is 17.9. The van der Waals surface area contributed by atoms with Gasteiger partial charge in [0, 0.05) is 34.0 Å². The van der Waals surface area contributed by atoms with Crippen molar-refractivity contribution in [3.63, 3.8) is 0 Å². The first kappa shape index (κ1) is 40.7. The number of rotatable bonds is 6. The van der Waals surface area contributed by atoms with Gasteiger partial charge in [-0.05, 0) is 153 Å². The number of fused-ring (bicyclic) bond motifs is 2. The van der Waals surface area contributed by atoms with Gasteiger partial charge in [-0.1, -0.05) is 79.5 Å². The molecule has 2 heterocycles. The molecule has 4 aliphatic rings. The first-order chi connectivity index (χ1) is 27.3. The monoisotopic (exact) mass is 805 g/mol. The van der Waals surface area contributed by atoms with Gasteiger partial charge in [0.05, 0.1) is 22.5 Å². The summed E-state index contributed by atoms with van der Waals surface area (Å²) in [5.74, 6) is 1.59. The van der Waals surface area contributed by atoms with Gasteiger partial charge in [-0.2, -0.15) is 5.26 Å². The first-order valence-electron chi connectivity index (χ1n) is 20.4. The number of halogens is 2. The van der Waals surface area contributed by atoms with E-state index in [9.17, 15) is 25.1 Å². The standard InChI is InChI=1S/C24H25ClN2O2.C24H28ClNO2/c1-3-24-11-10-20(19-9-8-18(28)12-16(19)13-26)21(15-4-6-17(25)7-5-15)22(24)14(2)27-23(24)29;1-4-24-12-11-19(18-10-5-14(2)13-20(18)27)21(16-6-8-17(25)9-7-16)22(24)15(3)26-23(24)28/h4-9,12,14,20-22,28H,3,10-11H2,1-2H3,(H,27,29);5-10,13,15,19,21-22,27H,4,11-12H2,1-3H3,(H,26,28)/t14-,20+,21+,22+,24-;15-,19+,21+,22+,24-/m11/s1. The van der Waals surface area contributed by atoms with E-state index >= 15 is 0 Å². The molecule has 2 saturated carbocycles. The van der Waals surface area contributed by atoms with Crippen LogP contribution in [0, 0.1) is 40.9 Å². The number of benzene rings is 4. The van der Waals surface area contributed by atoms with Gasteiger partial charge in [-0.15, -0.1) is 0 Å². The number of aryl methyl sites for hydroxylation is 1. The zero-order valence-corrected chi connectivity index (χ0v) is 34.9. The molecule has 0 radical (unpaired) electrons. The fraction of sp³-hybridized carbons (Fsp3) is 0.438. The Hall–Kier alpha value is -4.51. The minimum atomic E-state index is -0.385. The third kappa shape index (κ3) is 7.08. The Morgan fingerprint density at radius 1 is 0.702 bits per heavy atom. The normalized spacial score (nSPS) is 31.5. The highest BCUT2D eigenvalue weighted by Gasteiger charge is 2.60. The van der Waals surface area contributed by atoms with Crippen molar-refractivity contribution in [2.24, 2.45) is 22.7 Å². The van der Waals surface area contributed by atoms with Crippen molar-refractivity contribution < 1.29 is 19.8 Å². The van der Waals surface area contributed by atoms with Crippen LogP contribution >= 0.6 is 23.2 Å². The highest BCUT2D eigenvalue weighted by atomic mass is 35.5. The molecule has 0 aromatic heterocycles. The fourth-order valence-electron chi connectivity index (χ4n) is 11.7. The third-order valence-electron chi connectivity index (χ3n) is 14.3. The van der Waals surface area contributed by atoms with E-state index in [1.165, 1.54) is 11.6 Å². The number of nitrogens with zero attached hydrogens (tertiary/aromatic N) is 1. The van der Waals surface area contributed by atoms with Crippen LogP contribution in [0.3, 0.4) is 0 Å². The summed E-state index contributed by atoms with van der Waals surface area (Å²) in [7, 11) is 0. The van der Waals surface area contributed by atoms with E-state index in [1.807, 2.05) is 55.5 Å². The Balaban J connectivity index is 0.000000174. The fourth-order valence-corrected chi connectivity index (χ4v) is 12.0. The van der Waals surface area contributed by atoms with Gasteiger partial charge in [0.1, 0.15) is 11.5 Å². The van der Waals surface area contributed by atoms with Gasteiger partial charge in [0.2, 0.25) is 11.8 Å². The molecule has 4 aromatic rings. The molecule has 0 spiro atoms. The van der Waals surface area contributed by atoms with Crippen molar-refractivity contribution >= 4 is 35.0 Å². The molecule has 8 rings (SSSR count). The number of carbonyl (C=O) groups excluding carboxylic acids is 2. The zero-order chi connectivity index (χ0) is 40.8. The number of amides is 2. The molecule has 4 aromatic carbocycles. The Labute approximate surface area is 346 Å². The third-order valence-corrected chi connectivity index (χ3v) is 14.8. The summed E-state index contributed by atoms with van der Waals surface area (Å²) < 4.78 is 0. The molecule has 0 bridgehead atoms. The highest BCUT2D eigenvalue weighted by molar-refractivity contribution is 6.30. The molecular formula is C48H53Cl2N3O4. The lowest BCUT2D eigenvalue weighted by Gasteiger charge is -2.47. The molecule has 4 fully saturated rings. The van der Waals surface area contributed by atoms with E-state index in [0.717, 1.165) is 60.8 Å². The largest absolute Gasteiger partial charge is 0.508 e. The lowest BCUT2D eigenvalue weighted by Crippen LogP contribution is -2.44. The molecule has 10 atom stereocenters. The van der Waals surface area contributed by atoms with E-state index in [4.69, 9.17) is 23.2 Å². The Bertz CT molecular complexity index is 2190. The van der Waals surface area contributed by atoms with E-state index < -0.39 is 0 Å². The predicted molar refractivity (Wildman–Crippen MR) is 226 cm³/mol. The molecule has 2 aliphatic carbocycles. The van der Waals surface area contributed by atoms with Gasteiger partial charge in [0.15, 0.2) is 0 Å². The van der Waals surface area contributed by atoms with Gasteiger partial charge >= 0.3 is 0 Å². The maximum atomic E-state index is 13.0. The minimum Gasteiger partial charge on any atom is -0.508 e. The summed E-state index contributed by atoms with van der Waals surface area (Å²) in [6, 6.07) is 29.4. The van der Waals surface area contributed by atoms with Crippen LogP contribution in [0.15, 0.2) is 84.9 Å². The number of aromatic hydroxyl groups is 2. The van der Waals surface area contributed by atoms with Gasteiger partial charge in [-0.25, -0.2) is 0 Å². The minimum absolute atomic E-state index is 0.0496. The topological polar surface area (TPSA) is 122 Å². The van der Waals surface area contributed by atoms with Crippen molar-refractivity contribution in [1.82, 2.24) is 10.6 Å². The molecule has 0 unspecified atom stereocenters. The second kappa shape index (κ2) is 16.0. The van der Waals surface area contributed by atoms with Crippen LogP contribution in [0.2, 0.25) is 10.0 Å². The lowest BCUT2D eigenvalue weighted by molar-refractivity contribution is -0.132. The van der Waals surface area contributed by atoms with E-state index in [-0.39, 0.29) is 76.0 Å². The Kier molecular flexibility index (Phi) is 11.4. The van der Waals surface area contributed by atoms with E-state index in [0.29, 0.717) is 21.4 Å². The van der Waals surface area contributed by atoms with Crippen LogP contribution < -0.4 is 10.6 Å². The predicted octanol–water partition coefficient (Wildman–Crippen LogP) is 10.7. The second-order valence-electron chi connectivity index (χ2n) is 17.0. The Morgan fingerprint density at radius 2 is 1.16 bits per heavy atom. The van der Waals surface area contributed by atoms with Gasteiger partial charge in [0.25, 0.3) is 0 Å². The van der Waals surface area contributed by atoms with Crippen LogP contribution in [0.4, 0.5) is 0 Å². The maximum absolute atomic E-state index is 13.0. The van der Waals surface area contributed by atoms with Crippen LogP contribution in [0.1, 0.15) is 123 Å². The van der Waals surface area contributed by atoms with Crippen molar-refractivity contribution in [3.05, 3.63) is 128 Å². The smallest absolute Gasteiger partial charge is 0.226 e. The summed E-state index contributed by atoms with van der Waals surface area (Å²) in [6.07, 6.45) is 4.98. The summed E-state index contributed by atoms with van der Waals surface area (Å²) in [6.45, 7) is 10.4. The van der Waals surface area contributed by atoms with Gasteiger partial charge in [-0.3, -0.25) is 9.59 Å². The highest BCUT2D eigenvalue weighted by Crippen LogP contribution is 2.62. The molecule has 57 heavy (non-hydrogen) atoms. The summed E-state index contributed by atoms with van der Waals surface area (Å²) in [5, 5.41) is 38.1. The maximum Gasteiger partial charge on any atom is 0.226 e. The number of hydrogen-bond donors (Lipinski definition) is 4. The molecule has 2 aliphatic heterocycles. The molecule has 9 heteroatoms. The average Bonchev–Trinajstić information content (AvgIpc) is 3.62. The lowest BCUT2D eigenvalue weighted by atomic mass is 9.54. The number of phenolic OH excluding ortho intramolecular Hbond substituents is 2. The molecule has 7 nitrogen and oxygen atoms in total. The average molecular weight is 807 g/mol. The number of carbonyl (C=O) groups is 2. The SMILES string of the molecule is CC[C@@]12CC[C@@H](c3ccc(C)cc3O)[C@H](c3ccc(Cl)cc3)[C@@H]1[C@@H](C)NC2=O.CC[C@@]12CC[C@@H](c3ccc(O)cc3C#N)[C@H](c3ccc(Cl)cc3)[C@@H]1[C@@H](C)NC2=O. The zero-order valence-electron chi connectivity index (χ0n) is 33.4. The summed E-state index contributed by atoms with van der Waals surface area (Å²) in [5.41, 5.74) is 5.10.